The van der Waals surface area contributed by atoms with E-state index in [0.29, 0.717) is 30.1 Å². The predicted molar refractivity (Wildman–Crippen MR) is 127 cm³/mol. The van der Waals surface area contributed by atoms with Gasteiger partial charge in [-0.05, 0) is 74.0 Å². The molecule has 1 aliphatic rings. The summed E-state index contributed by atoms with van der Waals surface area (Å²) in [6.45, 7) is 4.51. The van der Waals surface area contributed by atoms with E-state index >= 15 is 0 Å². The second-order valence-electron chi connectivity index (χ2n) is 7.30. The fraction of sp³-hybridized carbons (Fsp3) is 0.148. The SMILES string of the molecule is CCOc1ccc(C2=N/C(=C\c3ccc(OC(=O)c4ccccc4F)c(OCC)c3)C(=O)O2)cc1. The molecule has 0 spiro atoms. The zero-order valence-corrected chi connectivity index (χ0v) is 19.1. The molecule has 0 fully saturated rings. The van der Waals surface area contributed by atoms with Crippen LogP contribution in [0.15, 0.2) is 77.4 Å². The first-order valence-electron chi connectivity index (χ1n) is 11.0. The quantitative estimate of drug-likeness (QED) is 0.253. The average Bonchev–Trinajstić information content (AvgIpc) is 3.21. The van der Waals surface area contributed by atoms with Gasteiger partial charge in [-0.1, -0.05) is 18.2 Å². The smallest absolute Gasteiger partial charge is 0.363 e. The standard InChI is InChI=1S/C27H22FNO6/c1-3-32-19-12-10-18(11-13-19)25-29-22(27(31)35-25)15-17-9-14-23(24(16-17)33-4-2)34-26(30)20-7-5-6-8-21(20)28/h5-16H,3-4H2,1-2H3/b22-15-. The summed E-state index contributed by atoms with van der Waals surface area (Å²) in [7, 11) is 0. The Morgan fingerprint density at radius 1 is 0.971 bits per heavy atom. The summed E-state index contributed by atoms with van der Waals surface area (Å²) in [5.74, 6) is -0.858. The summed E-state index contributed by atoms with van der Waals surface area (Å²) in [6, 6.07) is 17.3. The highest BCUT2D eigenvalue weighted by atomic mass is 19.1. The molecule has 178 valence electrons. The topological polar surface area (TPSA) is 83.4 Å². The number of carbonyl (C=O) groups is 2. The number of rotatable bonds is 8. The van der Waals surface area contributed by atoms with E-state index in [-0.39, 0.29) is 28.7 Å². The van der Waals surface area contributed by atoms with Gasteiger partial charge in [0, 0.05) is 5.56 Å². The number of ether oxygens (including phenoxy) is 4. The van der Waals surface area contributed by atoms with Crippen molar-refractivity contribution < 1.29 is 32.9 Å². The normalized spacial score (nSPS) is 13.9. The predicted octanol–water partition coefficient (Wildman–Crippen LogP) is 5.19. The maximum atomic E-state index is 13.9. The van der Waals surface area contributed by atoms with Crippen LogP contribution in [0, 0.1) is 5.82 Å². The number of esters is 2. The highest BCUT2D eigenvalue weighted by molar-refractivity contribution is 6.12. The van der Waals surface area contributed by atoms with Crippen LogP contribution in [-0.4, -0.2) is 31.1 Å². The Morgan fingerprint density at radius 2 is 1.71 bits per heavy atom. The van der Waals surface area contributed by atoms with Crippen LogP contribution in [0.4, 0.5) is 4.39 Å². The molecule has 0 amide bonds. The highest BCUT2D eigenvalue weighted by Gasteiger charge is 2.24. The van der Waals surface area contributed by atoms with Crippen molar-refractivity contribution in [3.63, 3.8) is 0 Å². The molecule has 8 heteroatoms. The summed E-state index contributed by atoms with van der Waals surface area (Å²) >= 11 is 0. The van der Waals surface area contributed by atoms with Crippen molar-refractivity contribution in [2.45, 2.75) is 13.8 Å². The number of hydrogen-bond donors (Lipinski definition) is 0. The van der Waals surface area contributed by atoms with Crippen LogP contribution >= 0.6 is 0 Å². The van der Waals surface area contributed by atoms with Gasteiger partial charge in [-0.2, -0.15) is 0 Å². The molecule has 0 N–H and O–H groups in total. The lowest BCUT2D eigenvalue weighted by Gasteiger charge is -2.11. The summed E-state index contributed by atoms with van der Waals surface area (Å²) in [6.07, 6.45) is 1.54. The first-order valence-corrected chi connectivity index (χ1v) is 11.0. The average molecular weight is 475 g/mol. The number of cyclic esters (lactones) is 1. The van der Waals surface area contributed by atoms with Crippen molar-refractivity contribution in [1.82, 2.24) is 0 Å². The third kappa shape index (κ3) is 5.55. The van der Waals surface area contributed by atoms with Crippen molar-refractivity contribution in [2.24, 2.45) is 4.99 Å². The van der Waals surface area contributed by atoms with Crippen LogP contribution in [0.2, 0.25) is 0 Å². The third-order valence-corrected chi connectivity index (χ3v) is 4.90. The van der Waals surface area contributed by atoms with Gasteiger partial charge in [0.25, 0.3) is 0 Å². The summed E-state index contributed by atoms with van der Waals surface area (Å²) in [5.41, 5.74) is 1.12. The number of aliphatic imine (C=N–C) groups is 1. The molecular weight excluding hydrogens is 453 g/mol. The molecule has 1 heterocycles. The Balaban J connectivity index is 1.57. The summed E-state index contributed by atoms with van der Waals surface area (Å²) < 4.78 is 35.6. The summed E-state index contributed by atoms with van der Waals surface area (Å²) in [5, 5.41) is 0. The molecule has 35 heavy (non-hydrogen) atoms. The Bertz CT molecular complexity index is 1310. The van der Waals surface area contributed by atoms with Gasteiger partial charge in [-0.25, -0.2) is 19.0 Å². The maximum Gasteiger partial charge on any atom is 0.363 e. The number of halogens is 1. The third-order valence-electron chi connectivity index (χ3n) is 4.90. The zero-order chi connectivity index (χ0) is 24.8. The second kappa shape index (κ2) is 10.6. The van der Waals surface area contributed by atoms with Gasteiger partial charge in [0.15, 0.2) is 17.2 Å². The monoisotopic (exact) mass is 475 g/mol. The molecule has 3 aromatic rings. The minimum absolute atomic E-state index is 0.104. The number of nitrogens with zero attached hydrogens (tertiary/aromatic N) is 1. The first-order chi connectivity index (χ1) is 17.0. The van der Waals surface area contributed by atoms with E-state index in [9.17, 15) is 14.0 Å². The van der Waals surface area contributed by atoms with Crippen LogP contribution in [0.1, 0.15) is 35.3 Å². The van der Waals surface area contributed by atoms with Crippen molar-refractivity contribution in [2.75, 3.05) is 13.2 Å². The Kier molecular flexibility index (Phi) is 7.21. The van der Waals surface area contributed by atoms with Gasteiger partial charge in [0.05, 0.1) is 18.8 Å². The van der Waals surface area contributed by atoms with Crippen LogP contribution < -0.4 is 14.2 Å². The van der Waals surface area contributed by atoms with Gasteiger partial charge in [-0.15, -0.1) is 0 Å². The van der Waals surface area contributed by atoms with Crippen molar-refractivity contribution in [3.8, 4) is 17.2 Å². The Labute approximate surface area is 201 Å². The highest BCUT2D eigenvalue weighted by Crippen LogP contribution is 2.31. The molecular formula is C27H22FNO6. The van der Waals surface area contributed by atoms with E-state index in [1.54, 1.807) is 49.4 Å². The van der Waals surface area contributed by atoms with E-state index < -0.39 is 17.8 Å². The molecule has 3 aromatic carbocycles. The number of carbonyl (C=O) groups excluding carboxylic acids is 2. The largest absolute Gasteiger partial charge is 0.494 e. The van der Waals surface area contributed by atoms with E-state index in [1.807, 2.05) is 6.92 Å². The molecule has 0 bridgehead atoms. The van der Waals surface area contributed by atoms with Crippen LogP contribution in [0.25, 0.3) is 6.08 Å². The lowest BCUT2D eigenvalue weighted by Crippen LogP contribution is -2.11. The molecule has 0 aliphatic carbocycles. The van der Waals surface area contributed by atoms with E-state index in [4.69, 9.17) is 18.9 Å². The van der Waals surface area contributed by atoms with Crippen LogP contribution in [0.3, 0.4) is 0 Å². The molecule has 0 aromatic heterocycles. The summed E-state index contributed by atoms with van der Waals surface area (Å²) in [4.78, 5) is 29.1. The van der Waals surface area contributed by atoms with Gasteiger partial charge in [-0.3, -0.25) is 0 Å². The number of benzene rings is 3. The fourth-order valence-corrected chi connectivity index (χ4v) is 3.30. The maximum absolute atomic E-state index is 13.9. The van der Waals surface area contributed by atoms with Gasteiger partial charge < -0.3 is 18.9 Å². The molecule has 0 unspecified atom stereocenters. The van der Waals surface area contributed by atoms with E-state index in [2.05, 4.69) is 4.99 Å². The zero-order valence-electron chi connectivity index (χ0n) is 19.1. The van der Waals surface area contributed by atoms with E-state index in [1.165, 1.54) is 30.3 Å². The minimum atomic E-state index is -0.848. The minimum Gasteiger partial charge on any atom is -0.494 e. The Hall–Kier alpha value is -4.46. The molecule has 0 atom stereocenters. The molecule has 4 rings (SSSR count). The fourth-order valence-electron chi connectivity index (χ4n) is 3.30. The van der Waals surface area contributed by atoms with Gasteiger partial charge in [0.2, 0.25) is 5.90 Å². The van der Waals surface area contributed by atoms with Crippen molar-refractivity contribution >= 4 is 23.9 Å². The van der Waals surface area contributed by atoms with Gasteiger partial charge >= 0.3 is 11.9 Å². The molecule has 1 aliphatic heterocycles. The lowest BCUT2D eigenvalue weighted by molar-refractivity contribution is -0.129. The van der Waals surface area contributed by atoms with Crippen molar-refractivity contribution in [3.05, 3.63) is 94.9 Å². The van der Waals surface area contributed by atoms with E-state index in [0.717, 1.165) is 0 Å². The van der Waals surface area contributed by atoms with Crippen LogP contribution in [-0.2, 0) is 9.53 Å². The second-order valence-corrected chi connectivity index (χ2v) is 7.30. The molecule has 0 radical (unpaired) electrons. The molecule has 7 nitrogen and oxygen atoms in total. The molecule has 0 saturated carbocycles. The Morgan fingerprint density at radius 3 is 2.43 bits per heavy atom. The molecule has 0 saturated heterocycles. The van der Waals surface area contributed by atoms with Crippen LogP contribution in [0.5, 0.6) is 17.2 Å². The van der Waals surface area contributed by atoms with Crippen molar-refractivity contribution in [1.29, 1.82) is 0 Å². The van der Waals surface area contributed by atoms with Gasteiger partial charge in [0.1, 0.15) is 11.6 Å². The number of hydrogen-bond acceptors (Lipinski definition) is 7. The first kappa shape index (κ1) is 23.7. The lowest BCUT2D eigenvalue weighted by atomic mass is 10.1.